The van der Waals surface area contributed by atoms with Crippen LogP contribution in [0, 0.1) is 0 Å². The number of nitrogens with zero attached hydrogens (tertiary/aromatic N) is 1. The molecule has 1 aliphatic heterocycles. The number of pyridine rings is 1. The molecule has 25 heavy (non-hydrogen) atoms. The van der Waals surface area contributed by atoms with Crippen molar-refractivity contribution < 1.29 is 4.79 Å². The number of fused-ring (bicyclic) bond motifs is 1. The topological polar surface area (TPSA) is 53.2 Å². The van der Waals surface area contributed by atoms with Crippen molar-refractivity contribution in [2.75, 3.05) is 6.54 Å². The van der Waals surface area contributed by atoms with Crippen LogP contribution in [-0.4, -0.2) is 22.3 Å². The fraction of sp³-hybridized carbons (Fsp3) is 0.200. The summed E-state index contributed by atoms with van der Waals surface area (Å²) in [7, 11) is 0. The van der Waals surface area contributed by atoms with Crippen LogP contribution in [0.1, 0.15) is 34.8 Å². The third-order valence-corrected chi connectivity index (χ3v) is 5.00. The molecule has 2 aromatic carbocycles. The molecule has 1 N–H and O–H groups in total. The monoisotopic (exact) mass is 352 g/mol. The van der Waals surface area contributed by atoms with Crippen LogP contribution in [0.4, 0.5) is 0 Å². The van der Waals surface area contributed by atoms with E-state index in [0.29, 0.717) is 22.6 Å². The van der Waals surface area contributed by atoms with Gasteiger partial charge in [0.25, 0.3) is 5.91 Å². The molecule has 1 aromatic heterocycles. The van der Waals surface area contributed by atoms with Crippen molar-refractivity contribution in [3.63, 3.8) is 0 Å². The van der Waals surface area contributed by atoms with Gasteiger partial charge in [-0.05, 0) is 36.6 Å². The molecule has 1 amide bonds. The van der Waals surface area contributed by atoms with Crippen LogP contribution in [0.15, 0.2) is 59.4 Å². The Morgan fingerprint density at radius 1 is 1.12 bits per heavy atom. The molecule has 2 heterocycles. The van der Waals surface area contributed by atoms with Gasteiger partial charge in [-0.25, -0.2) is 0 Å². The third-order valence-electron chi connectivity index (χ3n) is 4.75. The maximum Gasteiger partial charge on any atom is 0.255 e. The van der Waals surface area contributed by atoms with Gasteiger partial charge in [-0.15, -0.1) is 0 Å². The second-order valence-electron chi connectivity index (χ2n) is 6.30. The fourth-order valence-corrected chi connectivity index (χ4v) is 3.70. The molecule has 1 unspecified atom stereocenters. The Morgan fingerprint density at radius 3 is 2.68 bits per heavy atom. The highest BCUT2D eigenvalue weighted by Gasteiger charge is 2.31. The lowest BCUT2D eigenvalue weighted by Gasteiger charge is -2.25. The first-order chi connectivity index (χ1) is 12.1. The van der Waals surface area contributed by atoms with Crippen LogP contribution in [0.3, 0.4) is 0 Å². The number of hydrogen-bond acceptors (Lipinski definition) is 2. The maximum absolute atomic E-state index is 13.2. The summed E-state index contributed by atoms with van der Waals surface area (Å²) in [6.45, 7) is 0.688. The molecule has 4 rings (SSSR count). The number of likely N-dealkylation sites (tertiary alicyclic amines) is 1. The number of rotatable bonds is 2. The van der Waals surface area contributed by atoms with Gasteiger partial charge >= 0.3 is 0 Å². The van der Waals surface area contributed by atoms with Gasteiger partial charge in [0.2, 0.25) is 5.56 Å². The third kappa shape index (κ3) is 2.94. The normalized spacial score (nSPS) is 17.2. The van der Waals surface area contributed by atoms with E-state index in [2.05, 4.69) is 4.98 Å². The van der Waals surface area contributed by atoms with Crippen LogP contribution in [0.2, 0.25) is 5.02 Å². The number of H-pyrrole nitrogens is 1. The minimum absolute atomic E-state index is 0.0165. The van der Waals surface area contributed by atoms with Gasteiger partial charge in [0, 0.05) is 28.5 Å². The molecule has 1 aliphatic rings. The molecule has 3 aromatic rings. The molecular weight excluding hydrogens is 336 g/mol. The van der Waals surface area contributed by atoms with Crippen LogP contribution in [-0.2, 0) is 0 Å². The Bertz CT molecular complexity index is 994. The first kappa shape index (κ1) is 15.9. The van der Waals surface area contributed by atoms with E-state index >= 15 is 0 Å². The highest BCUT2D eigenvalue weighted by atomic mass is 35.5. The van der Waals surface area contributed by atoms with Gasteiger partial charge in [-0.2, -0.15) is 0 Å². The Morgan fingerprint density at radius 2 is 1.88 bits per heavy atom. The number of carbonyl (C=O) groups excluding carboxylic acids is 1. The zero-order chi connectivity index (χ0) is 17.4. The van der Waals surface area contributed by atoms with E-state index < -0.39 is 0 Å². The lowest BCUT2D eigenvalue weighted by Crippen LogP contribution is -2.31. The summed E-state index contributed by atoms with van der Waals surface area (Å²) in [4.78, 5) is 29.8. The van der Waals surface area contributed by atoms with Crippen molar-refractivity contribution in [2.45, 2.75) is 18.9 Å². The summed E-state index contributed by atoms with van der Waals surface area (Å²) in [6, 6.07) is 16.4. The second kappa shape index (κ2) is 6.37. The summed E-state index contributed by atoms with van der Waals surface area (Å²) in [5, 5.41) is 1.45. The first-order valence-corrected chi connectivity index (χ1v) is 8.70. The zero-order valence-electron chi connectivity index (χ0n) is 13.5. The summed E-state index contributed by atoms with van der Waals surface area (Å²) >= 11 is 5.98. The number of aromatic nitrogens is 1. The van der Waals surface area contributed by atoms with Crippen molar-refractivity contribution in [3.05, 3.63) is 81.1 Å². The fourth-order valence-electron chi connectivity index (χ4n) is 3.58. The van der Waals surface area contributed by atoms with Crippen molar-refractivity contribution >= 4 is 28.4 Å². The van der Waals surface area contributed by atoms with Gasteiger partial charge < -0.3 is 9.88 Å². The molecule has 0 radical (unpaired) electrons. The molecule has 0 spiro atoms. The predicted octanol–water partition coefficient (Wildman–Crippen LogP) is 4.16. The van der Waals surface area contributed by atoms with Gasteiger partial charge in [-0.1, -0.05) is 41.9 Å². The van der Waals surface area contributed by atoms with E-state index in [9.17, 15) is 9.59 Å². The number of hydrogen-bond donors (Lipinski definition) is 1. The molecule has 4 nitrogen and oxygen atoms in total. The summed E-state index contributed by atoms with van der Waals surface area (Å²) < 4.78 is 0. The number of nitrogens with one attached hydrogen (secondary N) is 1. The summed E-state index contributed by atoms with van der Waals surface area (Å²) in [6.07, 6.45) is 1.86. The molecular formula is C20H17ClN2O2. The molecule has 0 saturated carbocycles. The molecule has 5 heteroatoms. The quantitative estimate of drug-likeness (QED) is 0.753. The summed E-state index contributed by atoms with van der Waals surface area (Å²) in [5.41, 5.74) is 1.95. The largest absolute Gasteiger partial charge is 0.332 e. The Kier molecular flexibility index (Phi) is 4.06. The number of carbonyl (C=O) groups is 1. The van der Waals surface area contributed by atoms with Crippen LogP contribution in [0.5, 0.6) is 0 Å². The number of para-hydroxylation sites is 1. The molecule has 1 fully saturated rings. The maximum atomic E-state index is 13.2. The van der Waals surface area contributed by atoms with E-state index in [0.717, 1.165) is 23.8 Å². The van der Waals surface area contributed by atoms with Crippen molar-refractivity contribution in [2.24, 2.45) is 0 Å². The number of aromatic amines is 1. The standard InChI is InChI=1S/C20H17ClN2O2/c21-14-9-7-13(8-10-14)18-6-3-11-23(18)20(25)16-12-19(24)22-17-5-2-1-4-15(16)17/h1-2,4-5,7-10,12,18H,3,6,11H2,(H,22,24). The lowest BCUT2D eigenvalue weighted by atomic mass is 10.0. The van der Waals surface area contributed by atoms with E-state index in [4.69, 9.17) is 11.6 Å². The van der Waals surface area contributed by atoms with Crippen LogP contribution < -0.4 is 5.56 Å². The van der Waals surface area contributed by atoms with Crippen LogP contribution >= 0.6 is 11.6 Å². The molecule has 0 aliphatic carbocycles. The van der Waals surface area contributed by atoms with Crippen molar-refractivity contribution in [3.8, 4) is 0 Å². The van der Waals surface area contributed by atoms with Crippen LogP contribution in [0.25, 0.3) is 10.9 Å². The molecule has 1 atom stereocenters. The smallest absolute Gasteiger partial charge is 0.255 e. The average Bonchev–Trinajstić information content (AvgIpc) is 3.10. The zero-order valence-corrected chi connectivity index (χ0v) is 14.3. The Labute approximate surface area is 150 Å². The minimum atomic E-state index is -0.260. The van der Waals surface area contributed by atoms with E-state index in [1.807, 2.05) is 53.4 Å². The molecule has 126 valence electrons. The number of amides is 1. The van der Waals surface area contributed by atoms with Gasteiger partial charge in [0.05, 0.1) is 11.6 Å². The van der Waals surface area contributed by atoms with Gasteiger partial charge in [0.15, 0.2) is 0 Å². The Hall–Kier alpha value is -2.59. The number of halogens is 1. The van der Waals surface area contributed by atoms with Crippen molar-refractivity contribution in [1.29, 1.82) is 0 Å². The predicted molar refractivity (Wildman–Crippen MR) is 99.0 cm³/mol. The second-order valence-corrected chi connectivity index (χ2v) is 6.74. The van der Waals surface area contributed by atoms with Gasteiger partial charge in [-0.3, -0.25) is 9.59 Å². The number of benzene rings is 2. The SMILES string of the molecule is O=C(c1cc(=O)[nH]c2ccccc12)N1CCCC1c1ccc(Cl)cc1. The molecule has 0 bridgehead atoms. The van der Waals surface area contributed by atoms with E-state index in [1.54, 1.807) is 0 Å². The molecule has 1 saturated heterocycles. The van der Waals surface area contributed by atoms with Gasteiger partial charge in [0.1, 0.15) is 0 Å². The minimum Gasteiger partial charge on any atom is -0.332 e. The highest BCUT2D eigenvalue weighted by molar-refractivity contribution is 6.30. The van der Waals surface area contributed by atoms with E-state index in [-0.39, 0.29) is 17.5 Å². The average molecular weight is 353 g/mol. The lowest BCUT2D eigenvalue weighted by molar-refractivity contribution is 0.0737. The van der Waals surface area contributed by atoms with Crippen molar-refractivity contribution in [1.82, 2.24) is 9.88 Å². The highest BCUT2D eigenvalue weighted by Crippen LogP contribution is 2.34. The Balaban J connectivity index is 1.75. The summed E-state index contributed by atoms with van der Waals surface area (Å²) in [5.74, 6) is -0.0975. The first-order valence-electron chi connectivity index (χ1n) is 8.32. The van der Waals surface area contributed by atoms with E-state index in [1.165, 1.54) is 6.07 Å².